The Kier molecular flexibility index (Phi) is 18.3. The summed E-state index contributed by atoms with van der Waals surface area (Å²) in [5.41, 5.74) is 3.76. The number of fused-ring (bicyclic) bond motifs is 3. The Morgan fingerprint density at radius 2 is 1.71 bits per heavy atom. The number of nitro groups is 1. The van der Waals surface area contributed by atoms with Gasteiger partial charge in [-0.3, -0.25) is 20.3 Å². The van der Waals surface area contributed by atoms with Gasteiger partial charge in [-0.1, -0.05) is 72.6 Å². The number of carbonyl (C=O) groups is 2. The number of ether oxygens (including phenoxy) is 6. The van der Waals surface area contributed by atoms with Gasteiger partial charge in [0.2, 0.25) is 5.79 Å². The maximum atomic E-state index is 15.0. The molecule has 1 fully saturated rings. The number of nitro benzene ring substituents is 1. The number of methoxy groups -OCH3 is 2. The molecule has 5 aromatic carbocycles. The summed E-state index contributed by atoms with van der Waals surface area (Å²) < 4.78 is 37.4. The molecule has 17 nitrogen and oxygen atoms in total. The number of hydrogen-bond donors (Lipinski definition) is 3. The van der Waals surface area contributed by atoms with Gasteiger partial charge in [0.05, 0.1) is 55.5 Å². The molecule has 6 atom stereocenters. The van der Waals surface area contributed by atoms with Gasteiger partial charge in [-0.25, -0.2) is 9.59 Å². The number of non-ortho nitro benzene ring substituents is 1. The molecule has 3 aliphatic rings. The second kappa shape index (κ2) is 25.4. The number of rotatable bonds is 24. The average molecular weight is 1050 g/mol. The number of nitrogens with one attached hydrogen (secondary N) is 1. The summed E-state index contributed by atoms with van der Waals surface area (Å²) in [5, 5.41) is 41.2. The monoisotopic (exact) mass is 1050 g/mol. The van der Waals surface area contributed by atoms with Crippen LogP contribution in [-0.4, -0.2) is 96.3 Å². The third kappa shape index (κ3) is 12.2. The summed E-state index contributed by atoms with van der Waals surface area (Å²) in [6.07, 6.45) is 6.29. The van der Waals surface area contributed by atoms with Crippen molar-refractivity contribution in [2.45, 2.75) is 75.8 Å². The second-order valence-electron chi connectivity index (χ2n) is 18.6. The Morgan fingerprint density at radius 1 is 0.947 bits per heavy atom. The minimum Gasteiger partial charge on any atom is -0.497 e. The summed E-state index contributed by atoms with van der Waals surface area (Å²) in [5.74, 6) is -1.50. The van der Waals surface area contributed by atoms with E-state index < -0.39 is 40.8 Å². The lowest BCUT2D eigenvalue weighted by Crippen LogP contribution is -2.70. The molecule has 0 radical (unpaired) electrons. The van der Waals surface area contributed by atoms with Crippen molar-refractivity contribution in [3.05, 3.63) is 154 Å². The Morgan fingerprint density at radius 3 is 2.44 bits per heavy atom. The number of alkyl halides is 1. The van der Waals surface area contributed by atoms with Crippen LogP contribution in [0.5, 0.6) is 23.0 Å². The topological polar surface area (TPSA) is 210 Å². The summed E-state index contributed by atoms with van der Waals surface area (Å²) in [7, 11) is 3.02. The number of unbranched alkanes of at least 4 members (excludes halogenated alkanes) is 2. The number of halogens is 1. The molecule has 0 unspecified atom stereocenters. The van der Waals surface area contributed by atoms with Gasteiger partial charge in [-0.05, 0) is 107 Å². The number of benzene rings is 5. The van der Waals surface area contributed by atoms with Gasteiger partial charge in [-0.2, -0.15) is 0 Å². The van der Waals surface area contributed by atoms with Gasteiger partial charge in [0, 0.05) is 49.3 Å². The lowest BCUT2D eigenvalue weighted by Gasteiger charge is -2.59. The van der Waals surface area contributed by atoms with Crippen molar-refractivity contribution < 1.29 is 58.0 Å². The normalized spacial score (nSPS) is 20.9. The first-order chi connectivity index (χ1) is 36.6. The van der Waals surface area contributed by atoms with Crippen LogP contribution in [0.4, 0.5) is 21.0 Å². The zero-order valence-electron chi connectivity index (χ0n) is 42.1. The molecule has 0 aromatic heterocycles. The van der Waals surface area contributed by atoms with E-state index in [0.717, 1.165) is 21.9 Å². The van der Waals surface area contributed by atoms with Crippen LogP contribution in [0.1, 0.15) is 67.6 Å². The summed E-state index contributed by atoms with van der Waals surface area (Å²) in [6.45, 7) is 4.01. The fourth-order valence-electron chi connectivity index (χ4n) is 10.9. The molecule has 8 rings (SSSR count). The fourth-order valence-corrected chi connectivity index (χ4v) is 11.0. The van der Waals surface area contributed by atoms with Crippen molar-refractivity contribution in [2.24, 2.45) is 22.9 Å². The van der Waals surface area contributed by atoms with Crippen molar-refractivity contribution in [1.82, 2.24) is 4.90 Å². The van der Waals surface area contributed by atoms with Crippen molar-refractivity contribution in [1.29, 1.82) is 0 Å². The number of anilines is 1. The van der Waals surface area contributed by atoms with Crippen LogP contribution in [-0.2, 0) is 27.5 Å². The summed E-state index contributed by atoms with van der Waals surface area (Å²) >= 11 is 6.19. The van der Waals surface area contributed by atoms with Crippen LogP contribution < -0.4 is 24.3 Å². The first kappa shape index (κ1) is 54.1. The molecule has 2 aliphatic carbocycles. The maximum Gasteiger partial charge on any atom is 0.417 e. The molecule has 75 heavy (non-hydrogen) atoms. The van der Waals surface area contributed by atoms with E-state index in [0.29, 0.717) is 78.3 Å². The van der Waals surface area contributed by atoms with Crippen LogP contribution in [0.25, 0.3) is 10.8 Å². The minimum absolute atomic E-state index is 0.00618. The van der Waals surface area contributed by atoms with E-state index in [1.807, 2.05) is 48.5 Å². The number of carbonyl (C=O) groups excluding carboxylic acids is 2. The van der Waals surface area contributed by atoms with Crippen LogP contribution >= 0.6 is 11.6 Å². The molecule has 396 valence electrons. The molecule has 0 spiro atoms. The van der Waals surface area contributed by atoms with Crippen molar-refractivity contribution >= 4 is 51.6 Å². The first-order valence-corrected chi connectivity index (χ1v) is 25.7. The third-order valence-electron chi connectivity index (χ3n) is 14.2. The highest BCUT2D eigenvalue weighted by atomic mass is 35.5. The highest BCUT2D eigenvalue weighted by Gasteiger charge is 2.66. The van der Waals surface area contributed by atoms with Gasteiger partial charge in [0.25, 0.3) is 5.69 Å². The quantitative estimate of drug-likeness (QED) is 0.0173. The standard InChI is InChI=1S/C57H63ClN4O13/c1-4-29-72-57-52(61(56(66)71-30-26-58)35-40-15-11-14-38-12-5-6-16-44(38)40)34-49(60-73-36-37-18-20-41(21-19-37)62(67)68)46-31-39(13-7-9-27-63)45(17-8-10-28-64)53(54(46)57)47-32-43(23-25-50(47)75-57)74-55(65)59-48-24-22-42(69-2)33-51(48)70-3/h4-6,11-12,14-16,18-25,31-33,39,45,52-54,63-64H,1,7-10,13,17,26-30,34-36H2,2-3H3,(H,59,65)/t39-,45+,52-,53+,54+,57+/m0/s1. The second-order valence-corrected chi connectivity index (χ2v) is 19.0. The number of aliphatic hydroxyl groups is 2. The van der Waals surface area contributed by atoms with Gasteiger partial charge < -0.3 is 43.5 Å². The molecule has 5 aromatic rings. The molecule has 1 saturated carbocycles. The number of amides is 2. The average Bonchev–Trinajstić information content (AvgIpc) is 3.42. The Balaban J connectivity index is 1.31. The van der Waals surface area contributed by atoms with E-state index in [4.69, 9.17) is 50.0 Å². The van der Waals surface area contributed by atoms with Gasteiger partial charge in [0.1, 0.15) is 42.3 Å². The zero-order chi connectivity index (χ0) is 52.9. The van der Waals surface area contributed by atoms with Crippen molar-refractivity contribution in [3.8, 4) is 23.0 Å². The molecule has 3 N–H and O–H groups in total. The lowest BCUT2D eigenvalue weighted by atomic mass is 9.55. The van der Waals surface area contributed by atoms with Crippen molar-refractivity contribution in [3.63, 3.8) is 0 Å². The molecule has 0 bridgehead atoms. The zero-order valence-corrected chi connectivity index (χ0v) is 42.8. The van der Waals surface area contributed by atoms with Crippen LogP contribution in [0.2, 0.25) is 0 Å². The van der Waals surface area contributed by atoms with E-state index in [2.05, 4.69) is 18.0 Å². The molecule has 1 aliphatic heterocycles. The molecule has 1 heterocycles. The number of aliphatic hydroxyl groups excluding tert-OH is 2. The van der Waals surface area contributed by atoms with E-state index in [1.54, 1.807) is 53.4 Å². The Labute approximate surface area is 440 Å². The Hall–Kier alpha value is -7.18. The summed E-state index contributed by atoms with van der Waals surface area (Å²) in [4.78, 5) is 47.6. The number of nitrogens with zero attached hydrogens (tertiary/aromatic N) is 3. The number of oxime groups is 1. The van der Waals surface area contributed by atoms with E-state index in [9.17, 15) is 29.9 Å². The molecule has 18 heteroatoms. The minimum atomic E-state index is -1.66. The predicted molar refractivity (Wildman–Crippen MR) is 284 cm³/mol. The van der Waals surface area contributed by atoms with Crippen molar-refractivity contribution in [2.75, 3.05) is 51.8 Å². The van der Waals surface area contributed by atoms with Crippen LogP contribution in [0, 0.1) is 27.9 Å². The lowest BCUT2D eigenvalue weighted by molar-refractivity contribution is -0.384. The SMILES string of the molecule is C=CCO[C@@]12Oc3ccc(OC(=O)Nc4ccc(OC)cc4OC)cc3[C@H]3[C@H](CCCCO)[C@@H](CCCCO)C=C(C(=NOCc4ccc([N+](=O)[O-])cc4)C[C@@H]1N(Cc1cccc4ccccc14)C(=O)OCCCl)[C@H]32. The highest BCUT2D eigenvalue weighted by molar-refractivity contribution is 6.18. The van der Waals surface area contributed by atoms with E-state index in [-0.39, 0.29) is 75.2 Å². The number of allylic oxidation sites excluding steroid dienone is 1. The third-order valence-corrected chi connectivity index (χ3v) is 14.3. The summed E-state index contributed by atoms with van der Waals surface area (Å²) in [6, 6.07) is 29.1. The predicted octanol–water partition coefficient (Wildman–Crippen LogP) is 11.1. The highest BCUT2D eigenvalue weighted by Crippen LogP contribution is 2.62. The number of hydrogen-bond acceptors (Lipinski definition) is 14. The largest absolute Gasteiger partial charge is 0.497 e. The van der Waals surface area contributed by atoms with E-state index in [1.165, 1.54) is 26.4 Å². The first-order valence-electron chi connectivity index (χ1n) is 25.2. The van der Waals surface area contributed by atoms with Gasteiger partial charge in [0.15, 0.2) is 0 Å². The Bertz CT molecular complexity index is 2870. The fraction of sp³-hybridized carbons (Fsp3) is 0.386. The molecule has 0 saturated heterocycles. The van der Waals surface area contributed by atoms with Crippen LogP contribution in [0.3, 0.4) is 0 Å². The van der Waals surface area contributed by atoms with Crippen LogP contribution in [0.15, 0.2) is 133 Å². The molecular formula is C57H63ClN4O13. The molecular weight excluding hydrogens is 984 g/mol. The maximum absolute atomic E-state index is 15.0. The molecule has 2 amide bonds. The van der Waals surface area contributed by atoms with Gasteiger partial charge >= 0.3 is 12.2 Å². The van der Waals surface area contributed by atoms with E-state index >= 15 is 0 Å². The van der Waals surface area contributed by atoms with Gasteiger partial charge in [-0.15, -0.1) is 18.2 Å². The smallest absolute Gasteiger partial charge is 0.417 e.